The maximum Gasteiger partial charge on any atom is 0.416 e. The highest BCUT2D eigenvalue weighted by atomic mass is 32.1. The van der Waals surface area contributed by atoms with Gasteiger partial charge in [-0.3, -0.25) is 0 Å². The van der Waals surface area contributed by atoms with Crippen molar-refractivity contribution in [2.75, 3.05) is 25.1 Å². The number of rotatable bonds is 14. The van der Waals surface area contributed by atoms with Crippen LogP contribution in [-0.4, -0.2) is 39.9 Å². The van der Waals surface area contributed by atoms with Gasteiger partial charge in [0, 0.05) is 23.4 Å². The number of nitrogens with zero attached hydrogens (tertiary/aromatic N) is 3. The van der Waals surface area contributed by atoms with Crippen molar-refractivity contribution in [3.8, 4) is 5.75 Å². The Labute approximate surface area is 306 Å². The molecule has 0 aliphatic rings. The fourth-order valence-electron chi connectivity index (χ4n) is 5.80. The smallest absolute Gasteiger partial charge is 0.416 e. The highest BCUT2D eigenvalue weighted by molar-refractivity contribution is 7.80. The van der Waals surface area contributed by atoms with Gasteiger partial charge < -0.3 is 25.4 Å². The number of benzene rings is 5. The minimum Gasteiger partial charge on any atom is -0.487 e. The number of nitrogens with one attached hydrogen (secondary N) is 2. The number of hydrogen-bond donors (Lipinski definition) is 3. The van der Waals surface area contributed by atoms with Gasteiger partial charge in [0.1, 0.15) is 31.1 Å². The van der Waals surface area contributed by atoms with Crippen molar-refractivity contribution in [3.63, 3.8) is 0 Å². The standard InChI is InChI=1S/C38H34F6N6O2S/c39-37(40,41)28-18-29(38(42,43)44)20-30(19-28)47-36(53)46-13-15-51-16-14-50-23-31(48-49-50)24-52-32-11-9-25(10-12-32)21-45-22-35-33-7-3-1-5-26(33)17-27-6-2-4-8-34(27)35/h1-12,17-20,23,45H,13-16,21-22,24H2,(H2,46,47,53)/p+1. The van der Waals surface area contributed by atoms with Crippen LogP contribution in [0.3, 0.4) is 0 Å². The minimum absolute atomic E-state index is 0.0506. The molecule has 5 aromatic carbocycles. The molecule has 1 heterocycles. The SMILES string of the molecule is FC(F)(F)c1cc(NC(=S)NCCOCCn2cc(COc3ccc(C[NH2+]Cc4c5ccccc5cc5ccccc45)cc3)nn2)cc(C(F)(F)F)c1. The van der Waals surface area contributed by atoms with Crippen LogP contribution in [0, 0.1) is 0 Å². The quantitative estimate of drug-likeness (QED) is 0.0461. The van der Waals surface area contributed by atoms with Gasteiger partial charge in [0.05, 0.1) is 37.1 Å². The van der Waals surface area contributed by atoms with Crippen LogP contribution in [0.5, 0.6) is 5.75 Å². The normalized spacial score (nSPS) is 12.0. The zero-order valence-electron chi connectivity index (χ0n) is 28.2. The Bertz CT molecular complexity index is 2090. The Balaban J connectivity index is 0.887. The summed E-state index contributed by atoms with van der Waals surface area (Å²) in [6.45, 7) is 2.88. The lowest BCUT2D eigenvalue weighted by Gasteiger charge is -2.16. The second-order valence-corrected chi connectivity index (χ2v) is 12.6. The number of nitrogens with two attached hydrogens (primary N) is 1. The molecule has 8 nitrogen and oxygen atoms in total. The third kappa shape index (κ3) is 10.2. The third-order valence-electron chi connectivity index (χ3n) is 8.35. The van der Waals surface area contributed by atoms with E-state index in [0.717, 1.165) is 13.1 Å². The molecule has 0 saturated heterocycles. The van der Waals surface area contributed by atoms with Gasteiger partial charge in [0.15, 0.2) is 5.11 Å². The first-order chi connectivity index (χ1) is 25.4. The maximum absolute atomic E-state index is 13.1. The second-order valence-electron chi connectivity index (χ2n) is 12.2. The van der Waals surface area contributed by atoms with E-state index in [4.69, 9.17) is 21.7 Å². The second kappa shape index (κ2) is 16.6. The van der Waals surface area contributed by atoms with Gasteiger partial charge in [0.2, 0.25) is 0 Å². The number of aromatic nitrogens is 3. The van der Waals surface area contributed by atoms with Crippen molar-refractivity contribution in [2.45, 2.75) is 38.6 Å². The number of hydrogen-bond acceptors (Lipinski definition) is 5. The van der Waals surface area contributed by atoms with Crippen molar-refractivity contribution in [1.29, 1.82) is 0 Å². The molecule has 0 fully saturated rings. The van der Waals surface area contributed by atoms with Crippen LogP contribution >= 0.6 is 12.2 Å². The Morgan fingerprint density at radius 2 is 1.42 bits per heavy atom. The number of thiocarbonyl (C=S) groups is 1. The monoisotopic (exact) mass is 753 g/mol. The third-order valence-corrected chi connectivity index (χ3v) is 8.60. The number of anilines is 1. The van der Waals surface area contributed by atoms with E-state index >= 15 is 0 Å². The number of ether oxygens (including phenoxy) is 2. The summed E-state index contributed by atoms with van der Waals surface area (Å²) in [5.74, 6) is 0.709. The zero-order valence-corrected chi connectivity index (χ0v) is 29.0. The van der Waals surface area contributed by atoms with Crippen molar-refractivity contribution in [2.24, 2.45) is 0 Å². The Morgan fingerprint density at radius 3 is 2.06 bits per heavy atom. The molecule has 0 atom stereocenters. The van der Waals surface area contributed by atoms with Gasteiger partial charge in [-0.25, -0.2) is 4.68 Å². The van der Waals surface area contributed by atoms with Crippen LogP contribution in [0.1, 0.15) is 27.9 Å². The van der Waals surface area contributed by atoms with Crippen LogP contribution in [0.4, 0.5) is 32.0 Å². The van der Waals surface area contributed by atoms with E-state index in [9.17, 15) is 26.3 Å². The molecule has 1 aromatic heterocycles. The first kappa shape index (κ1) is 37.5. The summed E-state index contributed by atoms with van der Waals surface area (Å²) in [4.78, 5) is 0. The van der Waals surface area contributed by atoms with Gasteiger partial charge in [-0.2, -0.15) is 26.3 Å². The highest BCUT2D eigenvalue weighted by Gasteiger charge is 2.37. The van der Waals surface area contributed by atoms with E-state index in [-0.39, 0.29) is 37.5 Å². The number of fused-ring (bicyclic) bond motifs is 2. The highest BCUT2D eigenvalue weighted by Crippen LogP contribution is 2.37. The van der Waals surface area contributed by atoms with Gasteiger partial charge >= 0.3 is 12.4 Å². The Kier molecular flexibility index (Phi) is 11.8. The lowest BCUT2D eigenvalue weighted by atomic mass is 9.97. The van der Waals surface area contributed by atoms with Crippen molar-refractivity contribution >= 4 is 44.6 Å². The first-order valence-corrected chi connectivity index (χ1v) is 17.1. The van der Waals surface area contributed by atoms with E-state index in [0.29, 0.717) is 30.1 Å². The van der Waals surface area contributed by atoms with Crippen molar-refractivity contribution < 1.29 is 41.1 Å². The van der Waals surface area contributed by atoms with E-state index in [1.807, 2.05) is 24.3 Å². The molecule has 0 unspecified atom stereocenters. The molecule has 0 aliphatic heterocycles. The molecular weight excluding hydrogens is 719 g/mol. The van der Waals surface area contributed by atoms with E-state index < -0.39 is 29.2 Å². The van der Waals surface area contributed by atoms with Crippen molar-refractivity contribution in [3.05, 3.63) is 131 Å². The lowest BCUT2D eigenvalue weighted by molar-refractivity contribution is -0.685. The number of halogens is 6. The Morgan fingerprint density at radius 1 is 0.774 bits per heavy atom. The van der Waals surface area contributed by atoms with E-state index in [2.05, 4.69) is 80.9 Å². The molecule has 6 rings (SSSR count). The fraction of sp³-hybridized carbons (Fsp3) is 0.237. The average molecular weight is 754 g/mol. The lowest BCUT2D eigenvalue weighted by Crippen LogP contribution is -2.80. The summed E-state index contributed by atoms with van der Waals surface area (Å²) in [5.41, 5.74) is -0.179. The average Bonchev–Trinajstić information content (AvgIpc) is 3.59. The molecular formula is C38H35F6N6O2S+. The van der Waals surface area contributed by atoms with Crippen molar-refractivity contribution in [1.82, 2.24) is 20.3 Å². The van der Waals surface area contributed by atoms with Gasteiger partial charge in [0.25, 0.3) is 0 Å². The predicted octanol–water partition coefficient (Wildman–Crippen LogP) is 7.47. The van der Waals surface area contributed by atoms with Gasteiger partial charge in [-0.1, -0.05) is 53.7 Å². The summed E-state index contributed by atoms with van der Waals surface area (Å²) in [7, 11) is 0. The summed E-state index contributed by atoms with van der Waals surface area (Å²) in [5, 5.41) is 20.5. The summed E-state index contributed by atoms with van der Waals surface area (Å²) < 4.78 is 91.6. The van der Waals surface area contributed by atoms with E-state index in [1.165, 1.54) is 32.7 Å². The zero-order chi connectivity index (χ0) is 37.4. The van der Waals surface area contributed by atoms with E-state index in [1.54, 1.807) is 10.9 Å². The van der Waals surface area contributed by atoms with Crippen LogP contribution < -0.4 is 20.7 Å². The fourth-order valence-corrected chi connectivity index (χ4v) is 6.02. The predicted molar refractivity (Wildman–Crippen MR) is 193 cm³/mol. The molecule has 0 bridgehead atoms. The molecule has 0 radical (unpaired) electrons. The summed E-state index contributed by atoms with van der Waals surface area (Å²) in [6.07, 6.45) is -8.17. The van der Waals surface area contributed by atoms with Crippen LogP contribution in [0.2, 0.25) is 0 Å². The number of quaternary nitrogens is 1. The van der Waals surface area contributed by atoms with Crippen LogP contribution in [0.15, 0.2) is 103 Å². The Hall–Kier alpha value is -5.25. The first-order valence-electron chi connectivity index (χ1n) is 16.7. The molecule has 4 N–H and O–H groups in total. The topological polar surface area (TPSA) is 89.8 Å². The van der Waals surface area contributed by atoms with Crippen LogP contribution in [-0.2, 0) is 43.3 Å². The number of alkyl halides is 6. The molecule has 15 heteroatoms. The molecule has 276 valence electrons. The molecule has 0 amide bonds. The molecule has 0 saturated carbocycles. The molecule has 53 heavy (non-hydrogen) atoms. The molecule has 6 aromatic rings. The van der Waals surface area contributed by atoms with Gasteiger partial charge in [-0.15, -0.1) is 5.10 Å². The summed E-state index contributed by atoms with van der Waals surface area (Å²) in [6, 6.07) is 28.4. The molecule has 0 aliphatic carbocycles. The summed E-state index contributed by atoms with van der Waals surface area (Å²) >= 11 is 5.02. The maximum atomic E-state index is 13.1. The van der Waals surface area contributed by atoms with Gasteiger partial charge in [-0.05, 0) is 82.3 Å². The minimum atomic E-state index is -4.96. The van der Waals surface area contributed by atoms with Crippen LogP contribution in [0.25, 0.3) is 21.5 Å². The molecule has 0 spiro atoms. The largest absolute Gasteiger partial charge is 0.487 e.